The maximum Gasteiger partial charge on any atom is 0.262 e. The van der Waals surface area contributed by atoms with Gasteiger partial charge in [0.1, 0.15) is 24.0 Å². The number of ether oxygens (including phenoxy) is 1. The Morgan fingerprint density at radius 2 is 1.59 bits per heavy atom. The number of halogens is 1. The molecule has 0 bridgehead atoms. The van der Waals surface area contributed by atoms with E-state index >= 15 is 0 Å². The van der Waals surface area contributed by atoms with Gasteiger partial charge in [0, 0.05) is 84.3 Å². The third-order valence-electron chi connectivity index (χ3n) is 12.7. The number of nitrogens with one attached hydrogen (secondary N) is 2. The largest absolute Gasteiger partial charge is 0.489 e. The van der Waals surface area contributed by atoms with E-state index in [0.717, 1.165) is 55.2 Å². The first kappa shape index (κ1) is 39.2. The topological polar surface area (TPSA) is 152 Å². The molecule has 8 rings (SSSR count). The molecular formula is C45H45ClN6O6. The number of amides is 5. The van der Waals surface area contributed by atoms with Crippen molar-refractivity contribution in [2.24, 2.45) is 16.7 Å². The van der Waals surface area contributed by atoms with Crippen LogP contribution in [0.2, 0.25) is 5.02 Å². The zero-order chi connectivity index (χ0) is 41.1. The molecule has 0 radical (unpaired) electrons. The van der Waals surface area contributed by atoms with E-state index in [1.807, 2.05) is 30.3 Å². The van der Waals surface area contributed by atoms with Crippen molar-refractivity contribution in [3.8, 4) is 23.7 Å². The summed E-state index contributed by atoms with van der Waals surface area (Å²) in [5.41, 5.74) is 2.55. The fraction of sp³-hybridized carbons (Fsp3) is 0.422. The molecule has 1 atom stereocenters. The average Bonchev–Trinajstić information content (AvgIpc) is 3.43. The van der Waals surface area contributed by atoms with Gasteiger partial charge in [-0.2, -0.15) is 5.26 Å². The molecule has 58 heavy (non-hydrogen) atoms. The van der Waals surface area contributed by atoms with Crippen molar-refractivity contribution in [1.29, 1.82) is 5.26 Å². The lowest BCUT2D eigenvalue weighted by atomic mass is 9.49. The molecule has 1 aliphatic carbocycles. The highest BCUT2D eigenvalue weighted by molar-refractivity contribution is 6.31. The summed E-state index contributed by atoms with van der Waals surface area (Å²) in [6, 6.07) is 19.1. The van der Waals surface area contributed by atoms with E-state index in [4.69, 9.17) is 16.3 Å². The normalized spacial score (nSPS) is 24.1. The van der Waals surface area contributed by atoms with Gasteiger partial charge in [0.05, 0.1) is 21.7 Å². The minimum atomic E-state index is -0.979. The van der Waals surface area contributed by atoms with Crippen molar-refractivity contribution in [3.63, 3.8) is 0 Å². The Balaban J connectivity index is 0.798. The number of benzene rings is 3. The molecule has 4 aliphatic heterocycles. The van der Waals surface area contributed by atoms with E-state index in [9.17, 15) is 29.2 Å². The first-order chi connectivity index (χ1) is 27.6. The molecule has 4 heterocycles. The zero-order valence-corrected chi connectivity index (χ0v) is 33.7. The van der Waals surface area contributed by atoms with E-state index < -0.39 is 29.7 Å². The lowest BCUT2D eigenvalue weighted by Crippen LogP contribution is -2.74. The summed E-state index contributed by atoms with van der Waals surface area (Å²) in [6.45, 7) is 11.7. The van der Waals surface area contributed by atoms with Gasteiger partial charge in [-0.1, -0.05) is 51.1 Å². The molecule has 5 aliphatic rings. The molecule has 1 unspecified atom stereocenters. The van der Waals surface area contributed by atoms with Crippen LogP contribution in [0.5, 0.6) is 5.75 Å². The summed E-state index contributed by atoms with van der Waals surface area (Å²) in [4.78, 5) is 69.5. The fourth-order valence-electron chi connectivity index (χ4n) is 9.75. The number of nitriles is 1. The van der Waals surface area contributed by atoms with E-state index in [1.54, 1.807) is 30.3 Å². The molecule has 2 N–H and O–H groups in total. The molecule has 0 aromatic heterocycles. The second-order valence-corrected chi connectivity index (χ2v) is 17.6. The molecule has 4 fully saturated rings. The van der Waals surface area contributed by atoms with E-state index in [0.29, 0.717) is 33.5 Å². The van der Waals surface area contributed by atoms with E-state index in [2.05, 4.69) is 66.0 Å². The Hall–Kier alpha value is -5.69. The Morgan fingerprint density at radius 3 is 2.24 bits per heavy atom. The minimum Gasteiger partial charge on any atom is -0.489 e. The van der Waals surface area contributed by atoms with Gasteiger partial charge in [-0.05, 0) is 73.9 Å². The van der Waals surface area contributed by atoms with E-state index in [1.165, 1.54) is 0 Å². The van der Waals surface area contributed by atoms with Crippen LogP contribution in [0.1, 0.15) is 95.6 Å². The number of likely N-dealkylation sites (tertiary alicyclic amines) is 1. The van der Waals surface area contributed by atoms with Crippen LogP contribution in [0.4, 0.5) is 5.69 Å². The van der Waals surface area contributed by atoms with Gasteiger partial charge in [0.25, 0.3) is 17.7 Å². The Kier molecular flexibility index (Phi) is 10.1. The third kappa shape index (κ3) is 6.99. The van der Waals surface area contributed by atoms with Crippen molar-refractivity contribution in [3.05, 3.63) is 93.5 Å². The molecule has 3 saturated heterocycles. The molecule has 12 nitrogen and oxygen atoms in total. The van der Waals surface area contributed by atoms with Crippen LogP contribution in [0.3, 0.4) is 0 Å². The molecule has 3 aromatic carbocycles. The fourth-order valence-corrected chi connectivity index (χ4v) is 9.96. The lowest BCUT2D eigenvalue weighted by molar-refractivity contribution is -0.164. The van der Waals surface area contributed by atoms with Crippen molar-refractivity contribution in [2.45, 2.75) is 77.6 Å². The van der Waals surface area contributed by atoms with Crippen LogP contribution in [0, 0.1) is 39.9 Å². The highest BCUT2D eigenvalue weighted by atomic mass is 35.5. The molecule has 3 aromatic rings. The predicted octanol–water partition coefficient (Wildman–Crippen LogP) is 5.18. The quantitative estimate of drug-likeness (QED) is 0.244. The average molecular weight is 801 g/mol. The summed E-state index contributed by atoms with van der Waals surface area (Å²) < 4.78 is 6.36. The SMILES string of the molecule is CC1(C)C(NC(=O)c2ccc(C#CC3CN(C4CCN(c5ccc6c(c5)C(=O)N(C5CCC(=O)NC5=O)C6=O)CC4)C3)cc2)C(C)(C)C1Oc1ccc(C#N)c(Cl)c1. The van der Waals surface area contributed by atoms with Crippen LogP contribution < -0.4 is 20.3 Å². The third-order valence-corrected chi connectivity index (χ3v) is 13.0. The van der Waals surface area contributed by atoms with Crippen molar-refractivity contribution in [2.75, 3.05) is 31.1 Å². The first-order valence-corrected chi connectivity index (χ1v) is 20.2. The lowest BCUT2D eigenvalue weighted by Gasteiger charge is -2.63. The number of nitrogens with zero attached hydrogens (tertiary/aromatic N) is 4. The van der Waals surface area contributed by atoms with Gasteiger partial charge in [-0.25, -0.2) is 0 Å². The Labute approximate surface area is 342 Å². The second kappa shape index (κ2) is 14.9. The number of hydrogen-bond donors (Lipinski definition) is 2. The number of rotatable bonds is 7. The van der Waals surface area contributed by atoms with Crippen molar-refractivity contribution in [1.82, 2.24) is 20.4 Å². The van der Waals surface area contributed by atoms with Crippen LogP contribution in [0.15, 0.2) is 60.7 Å². The van der Waals surface area contributed by atoms with Gasteiger partial charge < -0.3 is 15.0 Å². The molecule has 1 saturated carbocycles. The number of piperidine rings is 2. The maximum atomic E-state index is 13.4. The summed E-state index contributed by atoms with van der Waals surface area (Å²) in [5.74, 6) is 5.42. The Morgan fingerprint density at radius 1 is 0.897 bits per heavy atom. The molecular weight excluding hydrogens is 756 g/mol. The zero-order valence-electron chi connectivity index (χ0n) is 32.9. The monoisotopic (exact) mass is 800 g/mol. The second-order valence-electron chi connectivity index (χ2n) is 17.2. The summed E-state index contributed by atoms with van der Waals surface area (Å²) in [7, 11) is 0. The molecule has 298 valence electrons. The first-order valence-electron chi connectivity index (χ1n) is 19.8. The number of imide groups is 2. The number of anilines is 1. The van der Waals surface area contributed by atoms with Crippen LogP contribution in [0.25, 0.3) is 0 Å². The number of fused-ring (bicyclic) bond motifs is 1. The minimum absolute atomic E-state index is 0.0861. The van der Waals surface area contributed by atoms with E-state index in [-0.39, 0.29) is 53.2 Å². The number of hydrogen-bond acceptors (Lipinski definition) is 9. The van der Waals surface area contributed by atoms with Crippen molar-refractivity contribution >= 4 is 46.8 Å². The maximum absolute atomic E-state index is 13.4. The number of carbonyl (C=O) groups is 5. The van der Waals surface area contributed by atoms with Crippen LogP contribution in [-0.2, 0) is 9.59 Å². The predicted molar refractivity (Wildman–Crippen MR) is 216 cm³/mol. The standard InChI is InChI=1S/C45H45ClN6O6/c1-44(2)42(45(3,4)43(44)58-32-13-11-29(23-47)35(46)22-32)49-38(54)28-9-7-26(8-10-28)5-6-27-24-51(25-27)30-17-19-50(20-18-30)31-12-14-33-34(21-31)41(57)52(40(33)56)36-15-16-37(53)48-39(36)55/h7-14,21-22,27,30,36,42-43H,15-20,24-25H2,1-4H3,(H,49,54)(H,48,53,55). The molecule has 13 heteroatoms. The smallest absolute Gasteiger partial charge is 0.262 e. The molecule has 0 spiro atoms. The highest BCUT2D eigenvalue weighted by Gasteiger charge is 2.64. The number of carbonyl (C=O) groups excluding carboxylic acids is 5. The highest BCUT2D eigenvalue weighted by Crippen LogP contribution is 2.55. The van der Waals surface area contributed by atoms with Gasteiger partial charge in [-0.15, -0.1) is 0 Å². The van der Waals surface area contributed by atoms with Gasteiger partial charge in [-0.3, -0.25) is 39.1 Å². The van der Waals surface area contributed by atoms with Gasteiger partial charge in [0.15, 0.2) is 0 Å². The Bertz CT molecular complexity index is 2310. The van der Waals surface area contributed by atoms with Gasteiger partial charge in [0.2, 0.25) is 11.8 Å². The van der Waals surface area contributed by atoms with Crippen LogP contribution in [-0.4, -0.2) is 89.7 Å². The summed E-state index contributed by atoms with van der Waals surface area (Å²) in [5, 5.41) is 15.0. The summed E-state index contributed by atoms with van der Waals surface area (Å²) >= 11 is 6.24. The van der Waals surface area contributed by atoms with Crippen LogP contribution >= 0.6 is 11.6 Å². The molecule has 5 amide bonds. The van der Waals surface area contributed by atoms with Gasteiger partial charge >= 0.3 is 0 Å². The van der Waals surface area contributed by atoms with Crippen molar-refractivity contribution < 1.29 is 28.7 Å². The summed E-state index contributed by atoms with van der Waals surface area (Å²) in [6.07, 6.45) is 1.95.